The molecule has 3 N–H and O–H groups in total. The van der Waals surface area contributed by atoms with Crippen LogP contribution in [0.5, 0.6) is 0 Å². The van der Waals surface area contributed by atoms with E-state index in [2.05, 4.69) is 10.3 Å². The number of benzene rings is 1. The Kier molecular flexibility index (Phi) is 9.19. The number of imide groups is 1. The number of hydrogen-bond donors (Lipinski definition) is 2. The zero-order chi connectivity index (χ0) is 30.7. The van der Waals surface area contributed by atoms with Gasteiger partial charge in [0, 0.05) is 31.4 Å². The topological polar surface area (TPSA) is 129 Å². The number of urea groups is 1. The van der Waals surface area contributed by atoms with Crippen LogP contribution in [0.3, 0.4) is 0 Å². The Balaban J connectivity index is 1.63. The van der Waals surface area contributed by atoms with Gasteiger partial charge in [-0.15, -0.1) is 0 Å². The number of carbonyl (C=O) groups is 4. The highest BCUT2D eigenvalue weighted by Gasteiger charge is 2.56. The van der Waals surface area contributed by atoms with Gasteiger partial charge < -0.3 is 20.9 Å². The summed E-state index contributed by atoms with van der Waals surface area (Å²) < 4.78 is 39.8. The molecule has 42 heavy (non-hydrogen) atoms. The van der Waals surface area contributed by atoms with E-state index in [1.54, 1.807) is 18.2 Å². The first-order chi connectivity index (χ1) is 19.8. The standard InChI is InChI=1S/C29H35F3N6O4/c1-28(2,33)26(41)35-21(13-8-11-19-9-4-3-5-10-19)24(39)36-15-16-37-23(22(36)17-20-12-6-7-14-34-20)25(40)38(27(37)42)18-29(30,31)32/h3-7,9-10,12,14,21-23H,8,11,13,15-18,33H2,1-2H3,(H,35,41). The van der Waals surface area contributed by atoms with Crippen molar-refractivity contribution in [1.29, 1.82) is 0 Å². The van der Waals surface area contributed by atoms with Crippen molar-refractivity contribution in [2.45, 2.75) is 69.4 Å². The summed E-state index contributed by atoms with van der Waals surface area (Å²) in [6.07, 6.45) is -1.81. The highest BCUT2D eigenvalue weighted by Crippen LogP contribution is 2.31. The van der Waals surface area contributed by atoms with E-state index in [0.29, 0.717) is 18.5 Å². The van der Waals surface area contributed by atoms with Crippen molar-refractivity contribution >= 4 is 23.8 Å². The summed E-state index contributed by atoms with van der Waals surface area (Å²) in [5.74, 6) is -2.08. The minimum atomic E-state index is -4.78. The van der Waals surface area contributed by atoms with Gasteiger partial charge in [0.25, 0.3) is 5.91 Å². The molecule has 10 nitrogen and oxygen atoms in total. The molecule has 3 atom stereocenters. The van der Waals surface area contributed by atoms with E-state index in [4.69, 9.17) is 5.73 Å². The second-order valence-corrected chi connectivity index (χ2v) is 11.2. The Morgan fingerprint density at radius 3 is 2.38 bits per heavy atom. The molecule has 2 saturated heterocycles. The lowest BCUT2D eigenvalue weighted by molar-refractivity contribution is -0.155. The molecule has 4 rings (SSSR count). The summed E-state index contributed by atoms with van der Waals surface area (Å²) in [5.41, 5.74) is 6.25. The number of nitrogens with two attached hydrogens (primary N) is 1. The minimum absolute atomic E-state index is 0.0136. The number of fused-ring (bicyclic) bond motifs is 1. The summed E-state index contributed by atoms with van der Waals surface area (Å²) in [4.78, 5) is 60.2. The molecule has 3 unspecified atom stereocenters. The Bertz CT molecular complexity index is 1290. The number of hydrogen-bond acceptors (Lipinski definition) is 6. The van der Waals surface area contributed by atoms with E-state index in [-0.39, 0.29) is 30.8 Å². The highest BCUT2D eigenvalue weighted by atomic mass is 19.4. The number of pyridine rings is 1. The third kappa shape index (κ3) is 7.25. The molecule has 0 spiro atoms. The summed E-state index contributed by atoms with van der Waals surface area (Å²) >= 11 is 0. The third-order valence-electron chi connectivity index (χ3n) is 7.43. The van der Waals surface area contributed by atoms with Crippen LogP contribution in [0.25, 0.3) is 0 Å². The number of halogens is 3. The van der Waals surface area contributed by atoms with Gasteiger partial charge in [-0.25, -0.2) is 4.79 Å². The SMILES string of the molecule is CC(C)(N)C(=O)NC(CCCc1ccccc1)C(=O)N1CCN2C(=O)N(CC(F)(F)F)C(=O)C2C1Cc1ccccn1. The molecule has 0 saturated carbocycles. The maximum Gasteiger partial charge on any atom is 0.406 e. The van der Waals surface area contributed by atoms with E-state index in [1.807, 2.05) is 30.3 Å². The lowest BCUT2D eigenvalue weighted by atomic mass is 9.94. The van der Waals surface area contributed by atoms with Crippen molar-refractivity contribution in [2.24, 2.45) is 5.73 Å². The first kappa shape index (κ1) is 30.9. The van der Waals surface area contributed by atoms with Gasteiger partial charge in [-0.2, -0.15) is 13.2 Å². The fraction of sp³-hybridized carbons (Fsp3) is 0.483. The van der Waals surface area contributed by atoms with Crippen molar-refractivity contribution in [3.8, 4) is 0 Å². The van der Waals surface area contributed by atoms with Gasteiger partial charge in [0.05, 0.1) is 11.6 Å². The van der Waals surface area contributed by atoms with E-state index in [1.165, 1.54) is 24.9 Å². The van der Waals surface area contributed by atoms with Gasteiger partial charge in [-0.3, -0.25) is 24.3 Å². The van der Waals surface area contributed by atoms with Crippen LogP contribution < -0.4 is 11.1 Å². The van der Waals surface area contributed by atoms with Crippen LogP contribution in [0.2, 0.25) is 0 Å². The number of aromatic nitrogens is 1. The fourth-order valence-corrected chi connectivity index (χ4v) is 5.33. The van der Waals surface area contributed by atoms with Crippen molar-refractivity contribution in [2.75, 3.05) is 19.6 Å². The smallest absolute Gasteiger partial charge is 0.343 e. The molecule has 226 valence electrons. The van der Waals surface area contributed by atoms with Gasteiger partial charge >= 0.3 is 12.2 Å². The summed E-state index contributed by atoms with van der Waals surface area (Å²) in [6.45, 7) is 1.12. The molecule has 1 aromatic carbocycles. The number of piperazine rings is 1. The lowest BCUT2D eigenvalue weighted by Crippen LogP contribution is -2.65. The Hall–Kier alpha value is -4.00. The molecular weight excluding hydrogens is 553 g/mol. The third-order valence-corrected chi connectivity index (χ3v) is 7.43. The average molecular weight is 589 g/mol. The van der Waals surface area contributed by atoms with Crippen LogP contribution in [-0.2, 0) is 27.2 Å². The van der Waals surface area contributed by atoms with Crippen LogP contribution in [0.15, 0.2) is 54.7 Å². The van der Waals surface area contributed by atoms with Crippen molar-refractivity contribution in [1.82, 2.24) is 25.0 Å². The molecule has 2 aliphatic heterocycles. The zero-order valence-electron chi connectivity index (χ0n) is 23.5. The van der Waals surface area contributed by atoms with Crippen LogP contribution >= 0.6 is 0 Å². The van der Waals surface area contributed by atoms with Gasteiger partial charge in [-0.1, -0.05) is 36.4 Å². The molecule has 5 amide bonds. The van der Waals surface area contributed by atoms with E-state index < -0.39 is 60.1 Å². The molecule has 0 bridgehead atoms. The second kappa shape index (κ2) is 12.5. The van der Waals surface area contributed by atoms with Crippen LogP contribution in [0.1, 0.15) is 37.9 Å². The number of alkyl halides is 3. The second-order valence-electron chi connectivity index (χ2n) is 11.2. The molecule has 13 heteroatoms. The molecule has 0 aliphatic carbocycles. The number of carbonyl (C=O) groups excluding carboxylic acids is 4. The highest BCUT2D eigenvalue weighted by molar-refractivity contribution is 6.05. The van der Waals surface area contributed by atoms with Crippen LogP contribution in [0.4, 0.5) is 18.0 Å². The summed E-state index contributed by atoms with van der Waals surface area (Å²) in [6, 6.07) is 10.3. The van der Waals surface area contributed by atoms with Crippen molar-refractivity contribution in [3.63, 3.8) is 0 Å². The fourth-order valence-electron chi connectivity index (χ4n) is 5.33. The number of rotatable bonds is 10. The molecule has 0 radical (unpaired) electrons. The molecule has 3 heterocycles. The largest absolute Gasteiger partial charge is 0.406 e. The Morgan fingerprint density at radius 2 is 1.76 bits per heavy atom. The normalized spacial score (nSPS) is 20.0. The summed E-state index contributed by atoms with van der Waals surface area (Å²) in [5, 5.41) is 2.75. The maximum atomic E-state index is 14.1. The molecule has 2 aromatic rings. The Labute approximate surface area is 242 Å². The van der Waals surface area contributed by atoms with Gasteiger partial charge in [0.2, 0.25) is 11.8 Å². The number of amides is 5. The monoisotopic (exact) mass is 588 g/mol. The van der Waals surface area contributed by atoms with Crippen molar-refractivity contribution in [3.05, 3.63) is 66.0 Å². The van der Waals surface area contributed by atoms with E-state index >= 15 is 0 Å². The number of nitrogens with zero attached hydrogens (tertiary/aromatic N) is 4. The first-order valence-corrected chi connectivity index (χ1v) is 13.8. The zero-order valence-corrected chi connectivity index (χ0v) is 23.5. The first-order valence-electron chi connectivity index (χ1n) is 13.8. The predicted octanol–water partition coefficient (Wildman–Crippen LogP) is 2.28. The van der Waals surface area contributed by atoms with Crippen LogP contribution in [0, 0.1) is 0 Å². The average Bonchev–Trinajstić information content (AvgIpc) is 3.16. The summed E-state index contributed by atoms with van der Waals surface area (Å²) in [7, 11) is 0. The molecule has 2 aliphatic rings. The molecule has 2 fully saturated rings. The van der Waals surface area contributed by atoms with E-state index in [9.17, 15) is 32.3 Å². The molecular formula is C29H35F3N6O4. The van der Waals surface area contributed by atoms with Crippen molar-refractivity contribution < 1.29 is 32.3 Å². The van der Waals surface area contributed by atoms with Gasteiger partial charge in [-0.05, 0) is 50.8 Å². The lowest BCUT2D eigenvalue weighted by Gasteiger charge is -2.44. The Morgan fingerprint density at radius 1 is 1.07 bits per heavy atom. The number of nitrogens with one attached hydrogen (secondary N) is 1. The molecule has 1 aromatic heterocycles. The predicted molar refractivity (Wildman–Crippen MR) is 147 cm³/mol. The number of aryl methyl sites for hydroxylation is 1. The van der Waals surface area contributed by atoms with Gasteiger partial charge in [0.15, 0.2) is 0 Å². The van der Waals surface area contributed by atoms with E-state index in [0.717, 1.165) is 10.5 Å². The minimum Gasteiger partial charge on any atom is -0.343 e. The quantitative estimate of drug-likeness (QED) is 0.410. The maximum absolute atomic E-state index is 14.1. The van der Waals surface area contributed by atoms with Gasteiger partial charge in [0.1, 0.15) is 18.6 Å². The van der Waals surface area contributed by atoms with Crippen LogP contribution in [-0.4, -0.2) is 92.9 Å².